The highest BCUT2D eigenvalue weighted by Gasteiger charge is 2.28. The van der Waals surface area contributed by atoms with Crippen molar-refractivity contribution < 1.29 is 9.21 Å². The number of fused-ring (bicyclic) bond motifs is 2. The summed E-state index contributed by atoms with van der Waals surface area (Å²) >= 11 is 0. The van der Waals surface area contributed by atoms with Crippen molar-refractivity contribution >= 4 is 16.9 Å². The van der Waals surface area contributed by atoms with Crippen molar-refractivity contribution in [2.75, 3.05) is 7.05 Å². The van der Waals surface area contributed by atoms with E-state index in [1.54, 1.807) is 0 Å². The van der Waals surface area contributed by atoms with Crippen LogP contribution in [0.2, 0.25) is 0 Å². The Morgan fingerprint density at radius 1 is 1.13 bits per heavy atom. The van der Waals surface area contributed by atoms with Gasteiger partial charge in [-0.3, -0.25) is 4.79 Å². The second kappa shape index (κ2) is 5.58. The van der Waals surface area contributed by atoms with Crippen molar-refractivity contribution in [3.05, 3.63) is 71.5 Å². The van der Waals surface area contributed by atoms with E-state index >= 15 is 0 Å². The van der Waals surface area contributed by atoms with Gasteiger partial charge in [0.1, 0.15) is 5.58 Å². The Bertz CT molecular complexity index is 832. The van der Waals surface area contributed by atoms with Crippen molar-refractivity contribution in [1.29, 1.82) is 0 Å². The summed E-state index contributed by atoms with van der Waals surface area (Å²) in [6, 6.07) is 18.1. The number of rotatable bonds is 2. The summed E-state index contributed by atoms with van der Waals surface area (Å²) in [6.07, 6.45) is 3.21. The fourth-order valence-corrected chi connectivity index (χ4v) is 3.53. The third-order valence-corrected chi connectivity index (χ3v) is 4.76. The fraction of sp³-hybridized carbons (Fsp3) is 0.250. The van der Waals surface area contributed by atoms with Gasteiger partial charge in [0.15, 0.2) is 5.76 Å². The van der Waals surface area contributed by atoms with Crippen LogP contribution in [0.4, 0.5) is 0 Å². The number of amides is 1. The molecule has 0 fully saturated rings. The van der Waals surface area contributed by atoms with Gasteiger partial charge < -0.3 is 9.32 Å². The lowest BCUT2D eigenvalue weighted by Crippen LogP contribution is -2.33. The second-order valence-electron chi connectivity index (χ2n) is 6.17. The second-order valence-corrected chi connectivity index (χ2v) is 6.17. The number of carbonyl (C=O) groups is 1. The molecule has 2 aromatic carbocycles. The zero-order valence-corrected chi connectivity index (χ0v) is 13.2. The molecule has 0 saturated carbocycles. The lowest BCUT2D eigenvalue weighted by Gasteiger charge is -2.32. The molecule has 4 rings (SSSR count). The first kappa shape index (κ1) is 14.1. The molecule has 3 heteroatoms. The summed E-state index contributed by atoms with van der Waals surface area (Å²) in [4.78, 5) is 14.7. The quantitative estimate of drug-likeness (QED) is 0.694. The number of furan rings is 1. The van der Waals surface area contributed by atoms with Gasteiger partial charge in [-0.05, 0) is 42.5 Å². The van der Waals surface area contributed by atoms with Crippen LogP contribution in [0.15, 0.2) is 59.0 Å². The van der Waals surface area contributed by atoms with Crippen LogP contribution < -0.4 is 0 Å². The molecule has 0 aliphatic heterocycles. The van der Waals surface area contributed by atoms with E-state index in [1.807, 2.05) is 42.3 Å². The van der Waals surface area contributed by atoms with Crippen LogP contribution in [-0.4, -0.2) is 17.9 Å². The van der Waals surface area contributed by atoms with Gasteiger partial charge >= 0.3 is 0 Å². The summed E-state index contributed by atoms with van der Waals surface area (Å²) < 4.78 is 5.74. The normalized spacial score (nSPS) is 17.0. The van der Waals surface area contributed by atoms with Crippen LogP contribution >= 0.6 is 0 Å². The molecule has 0 bridgehead atoms. The Balaban J connectivity index is 1.66. The molecule has 0 spiro atoms. The molecule has 0 saturated heterocycles. The molecule has 1 aromatic heterocycles. The molecule has 1 atom stereocenters. The van der Waals surface area contributed by atoms with E-state index in [0.717, 1.165) is 30.2 Å². The number of carbonyl (C=O) groups excluding carboxylic acids is 1. The van der Waals surface area contributed by atoms with Crippen LogP contribution in [0.5, 0.6) is 0 Å². The van der Waals surface area contributed by atoms with Crippen molar-refractivity contribution in [3.63, 3.8) is 0 Å². The Morgan fingerprint density at radius 3 is 2.78 bits per heavy atom. The van der Waals surface area contributed by atoms with Gasteiger partial charge in [-0.2, -0.15) is 0 Å². The van der Waals surface area contributed by atoms with Gasteiger partial charge in [0.2, 0.25) is 0 Å². The molecule has 1 aliphatic rings. The monoisotopic (exact) mass is 305 g/mol. The molecule has 1 unspecified atom stereocenters. The van der Waals surface area contributed by atoms with Crippen molar-refractivity contribution in [2.45, 2.75) is 25.3 Å². The standard InChI is InChI=1S/C20H19NO2/c1-21(17-11-6-9-14-7-2-4-10-16(14)17)20(22)19-13-15-8-3-5-12-18(15)23-19/h2-5,7-8,10,12-13,17H,6,9,11H2,1H3. The Labute approximate surface area is 135 Å². The number of aryl methyl sites for hydroxylation is 1. The third kappa shape index (κ3) is 2.42. The molecule has 116 valence electrons. The zero-order valence-electron chi connectivity index (χ0n) is 13.2. The fourth-order valence-electron chi connectivity index (χ4n) is 3.53. The van der Waals surface area contributed by atoms with E-state index in [2.05, 4.69) is 24.3 Å². The molecule has 0 radical (unpaired) electrons. The Morgan fingerprint density at radius 2 is 1.91 bits per heavy atom. The highest BCUT2D eigenvalue weighted by Crippen LogP contribution is 2.34. The Hall–Kier alpha value is -2.55. The van der Waals surface area contributed by atoms with Crippen molar-refractivity contribution in [1.82, 2.24) is 4.90 Å². The number of hydrogen-bond acceptors (Lipinski definition) is 2. The number of nitrogens with zero attached hydrogens (tertiary/aromatic N) is 1. The van der Waals surface area contributed by atoms with E-state index in [4.69, 9.17) is 4.42 Å². The van der Waals surface area contributed by atoms with E-state index in [1.165, 1.54) is 11.1 Å². The summed E-state index contributed by atoms with van der Waals surface area (Å²) in [5.74, 6) is 0.361. The molecule has 3 nitrogen and oxygen atoms in total. The smallest absolute Gasteiger partial charge is 0.289 e. The minimum atomic E-state index is -0.0529. The molecule has 23 heavy (non-hydrogen) atoms. The highest BCUT2D eigenvalue weighted by atomic mass is 16.3. The average molecular weight is 305 g/mol. The van der Waals surface area contributed by atoms with E-state index in [-0.39, 0.29) is 11.9 Å². The minimum Gasteiger partial charge on any atom is -0.451 e. The first-order valence-electron chi connectivity index (χ1n) is 8.07. The molecular formula is C20H19NO2. The predicted octanol–water partition coefficient (Wildman–Crippen LogP) is 4.58. The summed E-state index contributed by atoms with van der Waals surface area (Å²) in [5.41, 5.74) is 3.38. The van der Waals surface area contributed by atoms with Gasteiger partial charge in [-0.15, -0.1) is 0 Å². The molecule has 1 aliphatic carbocycles. The van der Waals surface area contributed by atoms with E-state index in [9.17, 15) is 4.79 Å². The van der Waals surface area contributed by atoms with Gasteiger partial charge in [0.25, 0.3) is 5.91 Å². The van der Waals surface area contributed by atoms with Crippen LogP contribution in [-0.2, 0) is 6.42 Å². The number of hydrogen-bond donors (Lipinski definition) is 0. The topological polar surface area (TPSA) is 33.5 Å². The van der Waals surface area contributed by atoms with Gasteiger partial charge in [-0.1, -0.05) is 42.5 Å². The van der Waals surface area contributed by atoms with Gasteiger partial charge in [-0.25, -0.2) is 0 Å². The first-order valence-corrected chi connectivity index (χ1v) is 8.07. The molecule has 1 amide bonds. The molecular weight excluding hydrogens is 286 g/mol. The highest BCUT2D eigenvalue weighted by molar-refractivity contribution is 5.96. The predicted molar refractivity (Wildman–Crippen MR) is 90.4 cm³/mol. The molecule has 1 heterocycles. The van der Waals surface area contributed by atoms with Gasteiger partial charge in [0.05, 0.1) is 6.04 Å². The minimum absolute atomic E-state index is 0.0529. The maximum atomic E-state index is 12.9. The SMILES string of the molecule is CN(C(=O)c1cc2ccccc2o1)C1CCCc2ccccc21. The summed E-state index contributed by atoms with van der Waals surface area (Å²) in [5, 5.41) is 0.966. The van der Waals surface area contributed by atoms with Crippen LogP contribution in [0.25, 0.3) is 11.0 Å². The van der Waals surface area contributed by atoms with Crippen molar-refractivity contribution in [2.24, 2.45) is 0 Å². The summed E-state index contributed by atoms with van der Waals surface area (Å²) in [6.45, 7) is 0. The average Bonchev–Trinajstić information content (AvgIpc) is 3.04. The lowest BCUT2D eigenvalue weighted by molar-refractivity contribution is 0.0685. The molecule has 0 N–H and O–H groups in total. The number of para-hydroxylation sites is 1. The van der Waals surface area contributed by atoms with Crippen LogP contribution in [0, 0.1) is 0 Å². The lowest BCUT2D eigenvalue weighted by atomic mass is 9.87. The van der Waals surface area contributed by atoms with Gasteiger partial charge in [0, 0.05) is 12.4 Å². The largest absolute Gasteiger partial charge is 0.451 e. The Kier molecular flexibility index (Phi) is 3.41. The number of benzene rings is 2. The first-order chi connectivity index (χ1) is 11.2. The summed E-state index contributed by atoms with van der Waals surface area (Å²) in [7, 11) is 1.88. The van der Waals surface area contributed by atoms with Crippen molar-refractivity contribution in [3.8, 4) is 0 Å². The maximum Gasteiger partial charge on any atom is 0.289 e. The maximum absolute atomic E-state index is 12.9. The van der Waals surface area contributed by atoms with E-state index in [0.29, 0.717) is 5.76 Å². The van der Waals surface area contributed by atoms with Crippen LogP contribution in [0.3, 0.4) is 0 Å². The van der Waals surface area contributed by atoms with E-state index < -0.39 is 0 Å². The van der Waals surface area contributed by atoms with Crippen LogP contribution in [0.1, 0.15) is 40.6 Å². The third-order valence-electron chi connectivity index (χ3n) is 4.76. The molecule has 3 aromatic rings. The zero-order chi connectivity index (χ0) is 15.8.